The number of hydrogen-bond donors (Lipinski definition) is 1. The molecule has 1 N–H and O–H groups in total. The molecule has 0 aromatic carbocycles. The number of halogens is 3. The summed E-state index contributed by atoms with van der Waals surface area (Å²) in [6.07, 6.45) is -3.97. The monoisotopic (exact) mass is 225 g/mol. The van der Waals surface area contributed by atoms with Crippen molar-refractivity contribution in [3.63, 3.8) is 0 Å². The molecule has 0 saturated carbocycles. The van der Waals surface area contributed by atoms with E-state index in [0.29, 0.717) is 12.8 Å². The van der Waals surface area contributed by atoms with Crippen molar-refractivity contribution in [2.45, 2.75) is 25.9 Å². The lowest BCUT2D eigenvalue weighted by molar-refractivity contribution is -0.187. The number of likely N-dealkylation sites (tertiary alicyclic amines) is 1. The van der Waals surface area contributed by atoms with Crippen molar-refractivity contribution in [3.8, 4) is 0 Å². The van der Waals surface area contributed by atoms with Crippen molar-refractivity contribution in [3.05, 3.63) is 0 Å². The molecule has 0 atom stereocenters. The smallest absolute Gasteiger partial charge is 0.396 e. The SMILES string of the molecule is CC1(CO)CCN(C(=O)C(F)(F)F)CC1. The zero-order valence-corrected chi connectivity index (χ0v) is 8.47. The summed E-state index contributed by atoms with van der Waals surface area (Å²) in [6, 6.07) is 0. The zero-order valence-electron chi connectivity index (χ0n) is 8.47. The molecule has 3 nitrogen and oxygen atoms in total. The molecule has 0 aromatic heterocycles. The Hall–Kier alpha value is -0.780. The Morgan fingerprint density at radius 1 is 1.40 bits per heavy atom. The Labute approximate surface area is 85.9 Å². The van der Waals surface area contributed by atoms with Gasteiger partial charge in [0, 0.05) is 19.7 Å². The summed E-state index contributed by atoms with van der Waals surface area (Å²) in [6.45, 7) is 1.88. The molecule has 6 heteroatoms. The maximum atomic E-state index is 12.1. The zero-order chi connectivity index (χ0) is 11.7. The number of rotatable bonds is 1. The number of alkyl halides is 3. The Morgan fingerprint density at radius 2 is 1.87 bits per heavy atom. The molecule has 0 aromatic rings. The summed E-state index contributed by atoms with van der Waals surface area (Å²) in [4.78, 5) is 11.7. The van der Waals surface area contributed by atoms with Crippen molar-refractivity contribution in [1.29, 1.82) is 0 Å². The van der Waals surface area contributed by atoms with Crippen LogP contribution in [0.2, 0.25) is 0 Å². The average molecular weight is 225 g/mol. The lowest BCUT2D eigenvalue weighted by Gasteiger charge is -2.38. The van der Waals surface area contributed by atoms with E-state index >= 15 is 0 Å². The predicted molar refractivity (Wildman–Crippen MR) is 47.1 cm³/mol. The average Bonchev–Trinajstić information content (AvgIpc) is 2.17. The van der Waals surface area contributed by atoms with Gasteiger partial charge in [-0.2, -0.15) is 13.2 Å². The van der Waals surface area contributed by atoms with Crippen LogP contribution in [0.1, 0.15) is 19.8 Å². The fourth-order valence-electron chi connectivity index (χ4n) is 1.59. The summed E-state index contributed by atoms with van der Waals surface area (Å²) >= 11 is 0. The van der Waals surface area contributed by atoms with Crippen LogP contribution in [-0.4, -0.2) is 41.8 Å². The van der Waals surface area contributed by atoms with Gasteiger partial charge in [0.25, 0.3) is 0 Å². The van der Waals surface area contributed by atoms with Crippen LogP contribution in [0.4, 0.5) is 13.2 Å². The minimum Gasteiger partial charge on any atom is -0.396 e. The standard InChI is InChI=1S/C9H14F3NO2/c1-8(6-14)2-4-13(5-3-8)7(15)9(10,11)12/h14H,2-6H2,1H3. The van der Waals surface area contributed by atoms with Gasteiger partial charge in [-0.05, 0) is 18.3 Å². The Bertz CT molecular complexity index is 244. The number of carbonyl (C=O) groups is 1. The summed E-state index contributed by atoms with van der Waals surface area (Å²) in [7, 11) is 0. The van der Waals surface area contributed by atoms with Gasteiger partial charge in [0.15, 0.2) is 0 Å². The van der Waals surface area contributed by atoms with E-state index in [2.05, 4.69) is 0 Å². The van der Waals surface area contributed by atoms with Gasteiger partial charge in [0.1, 0.15) is 0 Å². The first-order valence-electron chi connectivity index (χ1n) is 4.75. The topological polar surface area (TPSA) is 40.5 Å². The van der Waals surface area contributed by atoms with Gasteiger partial charge in [-0.25, -0.2) is 0 Å². The van der Waals surface area contributed by atoms with Crippen molar-refractivity contribution in [2.75, 3.05) is 19.7 Å². The molecule has 0 spiro atoms. The third-order valence-electron chi connectivity index (χ3n) is 2.88. The number of aliphatic hydroxyl groups is 1. The summed E-state index contributed by atoms with van der Waals surface area (Å²) in [5, 5.41) is 9.01. The molecule has 0 unspecified atom stereocenters. The molecule has 1 aliphatic heterocycles. The molecular formula is C9H14F3NO2. The minimum atomic E-state index is -4.78. The number of piperidine rings is 1. The fourth-order valence-corrected chi connectivity index (χ4v) is 1.59. The molecule has 1 amide bonds. The first-order valence-corrected chi connectivity index (χ1v) is 4.75. The molecule has 1 saturated heterocycles. The van der Waals surface area contributed by atoms with Crippen molar-refractivity contribution >= 4 is 5.91 Å². The quantitative estimate of drug-likeness (QED) is 0.727. The van der Waals surface area contributed by atoms with E-state index in [9.17, 15) is 18.0 Å². The first-order chi connectivity index (χ1) is 6.78. The molecule has 0 radical (unpaired) electrons. The highest BCUT2D eigenvalue weighted by Gasteiger charge is 2.44. The van der Waals surface area contributed by atoms with E-state index in [1.54, 1.807) is 0 Å². The maximum absolute atomic E-state index is 12.1. The van der Waals surface area contributed by atoms with Crippen LogP contribution in [0.3, 0.4) is 0 Å². The summed E-state index contributed by atoms with van der Waals surface area (Å²) < 4.78 is 36.2. The molecule has 1 rings (SSSR count). The van der Waals surface area contributed by atoms with E-state index < -0.39 is 12.1 Å². The minimum absolute atomic E-state index is 0.0545. The third-order valence-corrected chi connectivity index (χ3v) is 2.88. The summed E-state index contributed by atoms with van der Waals surface area (Å²) in [5.41, 5.74) is -0.345. The number of nitrogens with zero attached hydrogens (tertiary/aromatic N) is 1. The van der Waals surface area contributed by atoms with Gasteiger partial charge in [0.2, 0.25) is 0 Å². The van der Waals surface area contributed by atoms with E-state index in [1.807, 2.05) is 6.92 Å². The van der Waals surface area contributed by atoms with Gasteiger partial charge in [-0.1, -0.05) is 6.92 Å². The molecule has 0 bridgehead atoms. The fraction of sp³-hybridized carbons (Fsp3) is 0.889. The molecule has 0 aliphatic carbocycles. The van der Waals surface area contributed by atoms with Gasteiger partial charge in [0.05, 0.1) is 0 Å². The molecule has 15 heavy (non-hydrogen) atoms. The molecular weight excluding hydrogens is 211 g/mol. The Balaban J connectivity index is 2.55. The van der Waals surface area contributed by atoms with Gasteiger partial charge in [-0.3, -0.25) is 4.79 Å². The molecule has 1 fully saturated rings. The van der Waals surface area contributed by atoms with Crippen LogP contribution in [-0.2, 0) is 4.79 Å². The van der Waals surface area contributed by atoms with Gasteiger partial charge < -0.3 is 10.0 Å². The van der Waals surface area contributed by atoms with Crippen molar-refractivity contribution in [1.82, 2.24) is 4.90 Å². The highest BCUT2D eigenvalue weighted by molar-refractivity contribution is 5.81. The van der Waals surface area contributed by atoms with Crippen LogP contribution >= 0.6 is 0 Å². The Morgan fingerprint density at radius 3 is 2.20 bits per heavy atom. The second-order valence-corrected chi connectivity index (χ2v) is 4.26. The third kappa shape index (κ3) is 2.84. The number of amides is 1. The van der Waals surface area contributed by atoms with Gasteiger partial charge >= 0.3 is 12.1 Å². The normalized spacial score (nSPS) is 21.5. The Kier molecular flexibility index (Phi) is 3.28. The lowest BCUT2D eigenvalue weighted by atomic mass is 9.81. The maximum Gasteiger partial charge on any atom is 0.471 e. The van der Waals surface area contributed by atoms with E-state index in [0.717, 1.165) is 4.90 Å². The lowest BCUT2D eigenvalue weighted by Crippen LogP contribution is -2.48. The second-order valence-electron chi connectivity index (χ2n) is 4.26. The van der Waals surface area contributed by atoms with Crippen molar-refractivity contribution in [2.24, 2.45) is 5.41 Å². The first kappa shape index (κ1) is 12.3. The van der Waals surface area contributed by atoms with Crippen LogP contribution in [0.5, 0.6) is 0 Å². The molecule has 88 valence electrons. The van der Waals surface area contributed by atoms with E-state index in [1.165, 1.54) is 0 Å². The number of carbonyl (C=O) groups excluding carboxylic acids is 1. The van der Waals surface area contributed by atoms with Crippen LogP contribution in [0.25, 0.3) is 0 Å². The highest BCUT2D eigenvalue weighted by Crippen LogP contribution is 2.31. The van der Waals surface area contributed by atoms with Crippen LogP contribution in [0.15, 0.2) is 0 Å². The number of hydrogen-bond acceptors (Lipinski definition) is 2. The van der Waals surface area contributed by atoms with Gasteiger partial charge in [-0.15, -0.1) is 0 Å². The van der Waals surface area contributed by atoms with Crippen LogP contribution < -0.4 is 0 Å². The second kappa shape index (κ2) is 4.00. The van der Waals surface area contributed by atoms with Crippen LogP contribution in [0, 0.1) is 5.41 Å². The van der Waals surface area contributed by atoms with E-state index in [-0.39, 0.29) is 25.1 Å². The highest BCUT2D eigenvalue weighted by atomic mass is 19.4. The number of aliphatic hydroxyl groups excluding tert-OH is 1. The largest absolute Gasteiger partial charge is 0.471 e. The van der Waals surface area contributed by atoms with E-state index in [4.69, 9.17) is 5.11 Å². The van der Waals surface area contributed by atoms with Crippen molar-refractivity contribution < 1.29 is 23.1 Å². The molecule has 1 aliphatic rings. The summed E-state index contributed by atoms with van der Waals surface area (Å²) in [5.74, 6) is -1.78. The predicted octanol–water partition coefficient (Wildman–Crippen LogP) is 1.17. The molecule has 1 heterocycles.